The Bertz CT molecular complexity index is 608. The minimum Gasteiger partial charge on any atom is -0.459 e. The van der Waals surface area contributed by atoms with Crippen molar-refractivity contribution in [2.24, 2.45) is 5.92 Å². The van der Waals surface area contributed by atoms with E-state index in [2.05, 4.69) is 5.32 Å². The van der Waals surface area contributed by atoms with Gasteiger partial charge >= 0.3 is 5.97 Å². The van der Waals surface area contributed by atoms with E-state index in [-0.39, 0.29) is 29.9 Å². The molecule has 1 aliphatic carbocycles. The maximum Gasteiger partial charge on any atom is 0.309 e. The molecule has 1 N–H and O–H groups in total. The van der Waals surface area contributed by atoms with Crippen LogP contribution in [0.5, 0.6) is 0 Å². The fourth-order valence-electron chi connectivity index (χ4n) is 3.08. The van der Waals surface area contributed by atoms with E-state index in [0.717, 1.165) is 11.1 Å². The first-order chi connectivity index (χ1) is 10.6. The summed E-state index contributed by atoms with van der Waals surface area (Å²) in [5.74, 6) is -0.348. The van der Waals surface area contributed by atoms with Crippen molar-refractivity contribution in [3.05, 3.63) is 47.5 Å². The second-order valence-electron chi connectivity index (χ2n) is 6.07. The second-order valence-corrected chi connectivity index (χ2v) is 6.07. The highest BCUT2D eigenvalue weighted by molar-refractivity contribution is 5.77. The van der Waals surface area contributed by atoms with E-state index in [4.69, 9.17) is 4.74 Å². The summed E-state index contributed by atoms with van der Waals surface area (Å²) in [6.45, 7) is 1.88. The zero-order chi connectivity index (χ0) is 15.5. The van der Waals surface area contributed by atoms with E-state index in [0.29, 0.717) is 25.7 Å². The summed E-state index contributed by atoms with van der Waals surface area (Å²) < 4.78 is 5.70. The number of benzene rings is 1. The number of hydrogen-bond donors (Lipinski definition) is 1. The van der Waals surface area contributed by atoms with E-state index in [9.17, 15) is 9.59 Å². The lowest BCUT2D eigenvalue weighted by atomic mass is 10.1. The largest absolute Gasteiger partial charge is 0.459 e. The van der Waals surface area contributed by atoms with E-state index < -0.39 is 0 Å². The van der Waals surface area contributed by atoms with E-state index in [1.54, 1.807) is 0 Å². The molecule has 0 fully saturated rings. The summed E-state index contributed by atoms with van der Waals surface area (Å²) in [5, 5.41) is 3.04. The summed E-state index contributed by atoms with van der Waals surface area (Å²) in [6, 6.07) is 7.73. The summed E-state index contributed by atoms with van der Waals surface area (Å²) in [7, 11) is 0. The van der Waals surface area contributed by atoms with Gasteiger partial charge in [0, 0.05) is 12.8 Å². The van der Waals surface area contributed by atoms with Crippen molar-refractivity contribution in [1.29, 1.82) is 0 Å². The highest BCUT2D eigenvalue weighted by Crippen LogP contribution is 2.34. The molecule has 1 aromatic rings. The number of carbonyl (C=O) groups is 2. The molecule has 4 nitrogen and oxygen atoms in total. The molecule has 1 aromatic carbocycles. The summed E-state index contributed by atoms with van der Waals surface area (Å²) >= 11 is 0. The van der Waals surface area contributed by atoms with Crippen molar-refractivity contribution in [2.75, 3.05) is 0 Å². The number of nitrogens with one attached hydrogen (secondary N) is 1. The van der Waals surface area contributed by atoms with Crippen molar-refractivity contribution in [3.63, 3.8) is 0 Å². The highest BCUT2D eigenvalue weighted by atomic mass is 16.5. The monoisotopic (exact) mass is 299 g/mol. The average molecular weight is 299 g/mol. The van der Waals surface area contributed by atoms with Gasteiger partial charge in [-0.2, -0.15) is 0 Å². The molecule has 4 heteroatoms. The first kappa shape index (κ1) is 14.8. The third-order valence-corrected chi connectivity index (χ3v) is 4.36. The van der Waals surface area contributed by atoms with Crippen molar-refractivity contribution in [3.8, 4) is 0 Å². The molecule has 0 saturated carbocycles. The topological polar surface area (TPSA) is 55.4 Å². The van der Waals surface area contributed by atoms with Crippen LogP contribution >= 0.6 is 0 Å². The number of fused-ring (bicyclic) bond motifs is 3. The Labute approximate surface area is 130 Å². The maximum atomic E-state index is 12.2. The molecule has 1 heterocycles. The lowest BCUT2D eigenvalue weighted by molar-refractivity contribution is -0.155. The molecule has 0 aromatic heterocycles. The van der Waals surface area contributed by atoms with Crippen molar-refractivity contribution >= 4 is 11.9 Å². The fourth-order valence-corrected chi connectivity index (χ4v) is 3.08. The van der Waals surface area contributed by atoms with Gasteiger partial charge in [-0.25, -0.2) is 0 Å². The number of hydrogen-bond acceptors (Lipinski definition) is 3. The van der Waals surface area contributed by atoms with Gasteiger partial charge in [0.25, 0.3) is 0 Å². The van der Waals surface area contributed by atoms with Gasteiger partial charge in [0.1, 0.15) is 6.10 Å². The summed E-state index contributed by atoms with van der Waals surface area (Å²) in [4.78, 5) is 24.3. The molecule has 0 radical (unpaired) electrons. The predicted molar refractivity (Wildman–Crippen MR) is 83.1 cm³/mol. The van der Waals surface area contributed by atoms with Gasteiger partial charge in [-0.3, -0.25) is 9.59 Å². The van der Waals surface area contributed by atoms with E-state index in [1.165, 1.54) is 0 Å². The standard InChI is InChI=1S/C18H21NO3/c1-12-7-3-2-4-10-16(20)19-17-14-9-6-5-8-13(14)11-15(17)22-18(12)21/h2-3,5-6,8-9,12,15,17H,4,7,10-11H2,1H3,(H,19,20)/b3-2-/t12-,15+,17-/m1/s1. The lowest BCUT2D eigenvalue weighted by Crippen LogP contribution is -2.37. The normalized spacial score (nSPS) is 30.1. The Morgan fingerprint density at radius 1 is 1.18 bits per heavy atom. The van der Waals surface area contributed by atoms with Gasteiger partial charge in [0.15, 0.2) is 0 Å². The Hall–Kier alpha value is -2.10. The maximum absolute atomic E-state index is 12.2. The molecular formula is C18H21NO3. The molecule has 1 aliphatic heterocycles. The van der Waals surface area contributed by atoms with Gasteiger partial charge < -0.3 is 10.1 Å². The first-order valence-electron chi connectivity index (χ1n) is 7.88. The van der Waals surface area contributed by atoms with Crippen LogP contribution < -0.4 is 5.32 Å². The fraction of sp³-hybridized carbons (Fsp3) is 0.444. The summed E-state index contributed by atoms with van der Waals surface area (Å²) in [6.07, 6.45) is 6.10. The number of amides is 1. The third-order valence-electron chi connectivity index (χ3n) is 4.36. The Balaban J connectivity index is 1.87. The van der Waals surface area contributed by atoms with Crippen LogP contribution in [0.25, 0.3) is 0 Å². The molecule has 0 saturated heterocycles. The van der Waals surface area contributed by atoms with Crippen LogP contribution in [0.2, 0.25) is 0 Å². The van der Waals surface area contributed by atoms with Crippen LogP contribution in [0.4, 0.5) is 0 Å². The molecule has 0 unspecified atom stereocenters. The minimum atomic E-state index is -0.306. The number of carbonyl (C=O) groups excluding carboxylic acids is 2. The molecule has 2 aliphatic rings. The van der Waals surface area contributed by atoms with Gasteiger partial charge in [-0.15, -0.1) is 0 Å². The average Bonchev–Trinajstić information content (AvgIpc) is 2.83. The molecule has 1 amide bonds. The van der Waals surface area contributed by atoms with Crippen LogP contribution in [0.3, 0.4) is 0 Å². The van der Waals surface area contributed by atoms with Gasteiger partial charge in [0.05, 0.1) is 12.0 Å². The second kappa shape index (κ2) is 6.34. The highest BCUT2D eigenvalue weighted by Gasteiger charge is 2.36. The number of rotatable bonds is 0. The quantitative estimate of drug-likeness (QED) is 0.592. The molecule has 0 spiro atoms. The Kier molecular flexibility index (Phi) is 4.27. The third kappa shape index (κ3) is 3.06. The molecule has 22 heavy (non-hydrogen) atoms. The summed E-state index contributed by atoms with van der Waals surface area (Å²) in [5.41, 5.74) is 2.21. The molecular weight excluding hydrogens is 278 g/mol. The van der Waals surface area contributed by atoms with Crippen molar-refractivity contribution in [2.45, 2.75) is 44.8 Å². The van der Waals surface area contributed by atoms with Gasteiger partial charge in [-0.1, -0.05) is 43.3 Å². The van der Waals surface area contributed by atoms with Crippen molar-refractivity contribution < 1.29 is 14.3 Å². The van der Waals surface area contributed by atoms with E-state index in [1.807, 2.05) is 43.3 Å². The van der Waals surface area contributed by atoms with Crippen LogP contribution in [-0.2, 0) is 20.7 Å². The van der Waals surface area contributed by atoms with Crippen LogP contribution in [0.15, 0.2) is 36.4 Å². The van der Waals surface area contributed by atoms with Crippen LogP contribution in [-0.4, -0.2) is 18.0 Å². The number of ether oxygens (including phenoxy) is 1. The Morgan fingerprint density at radius 3 is 2.86 bits per heavy atom. The molecule has 3 atom stereocenters. The number of esters is 1. The first-order valence-corrected chi connectivity index (χ1v) is 7.88. The lowest BCUT2D eigenvalue weighted by Gasteiger charge is -2.24. The molecule has 0 bridgehead atoms. The predicted octanol–water partition coefficient (Wildman–Crippen LogP) is 2.69. The van der Waals surface area contributed by atoms with Gasteiger partial charge in [-0.05, 0) is 24.0 Å². The number of allylic oxidation sites excluding steroid dienone is 2. The molecule has 116 valence electrons. The minimum absolute atomic E-state index is 0.000948. The van der Waals surface area contributed by atoms with E-state index >= 15 is 0 Å². The SMILES string of the molecule is C[C@@H]1C/C=C\CCC(=O)N[C@@H]2c3ccccc3C[C@@H]2OC1=O. The Morgan fingerprint density at radius 2 is 2.00 bits per heavy atom. The van der Waals surface area contributed by atoms with Crippen LogP contribution in [0.1, 0.15) is 43.4 Å². The van der Waals surface area contributed by atoms with Crippen molar-refractivity contribution in [1.82, 2.24) is 5.32 Å². The zero-order valence-electron chi connectivity index (χ0n) is 12.7. The molecule has 3 rings (SSSR count). The van der Waals surface area contributed by atoms with Crippen LogP contribution in [0, 0.1) is 5.92 Å². The van der Waals surface area contributed by atoms with Gasteiger partial charge in [0.2, 0.25) is 5.91 Å². The smallest absolute Gasteiger partial charge is 0.309 e. The zero-order valence-corrected chi connectivity index (χ0v) is 12.7.